The van der Waals surface area contributed by atoms with Gasteiger partial charge in [-0.15, -0.1) is 0 Å². The predicted octanol–water partition coefficient (Wildman–Crippen LogP) is 1.71. The molecule has 0 amide bonds. The van der Waals surface area contributed by atoms with Crippen LogP contribution in [-0.4, -0.2) is 16.5 Å². The van der Waals surface area contributed by atoms with Crippen molar-refractivity contribution < 1.29 is 0 Å². The van der Waals surface area contributed by atoms with Gasteiger partial charge in [0.1, 0.15) is 5.82 Å². The minimum Gasteiger partial charge on any atom is -0.312 e. The molecule has 3 heteroatoms. The van der Waals surface area contributed by atoms with Gasteiger partial charge in [-0.2, -0.15) is 0 Å². The standard InChI is InChI=1S/C14H15N3/c1-2-4-11(5-3-1)8-14-16-10-12-9-15-7-6-13(12)17-14/h1-5,10,15H,6-9H2. The maximum absolute atomic E-state index is 4.66. The largest absolute Gasteiger partial charge is 0.312 e. The van der Waals surface area contributed by atoms with Crippen LogP contribution in [0.15, 0.2) is 36.5 Å². The number of hydrogen-bond donors (Lipinski definition) is 1. The molecule has 0 bridgehead atoms. The van der Waals surface area contributed by atoms with Crippen molar-refractivity contribution in [1.82, 2.24) is 15.3 Å². The van der Waals surface area contributed by atoms with E-state index in [2.05, 4.69) is 39.6 Å². The fourth-order valence-electron chi connectivity index (χ4n) is 2.14. The van der Waals surface area contributed by atoms with Crippen LogP contribution in [0.25, 0.3) is 0 Å². The van der Waals surface area contributed by atoms with Crippen LogP contribution in [0.1, 0.15) is 22.6 Å². The van der Waals surface area contributed by atoms with E-state index in [0.29, 0.717) is 0 Å². The topological polar surface area (TPSA) is 37.8 Å². The van der Waals surface area contributed by atoms with Crippen LogP contribution in [0.5, 0.6) is 0 Å². The quantitative estimate of drug-likeness (QED) is 0.845. The third kappa shape index (κ3) is 2.34. The van der Waals surface area contributed by atoms with Gasteiger partial charge in [-0.1, -0.05) is 30.3 Å². The van der Waals surface area contributed by atoms with E-state index in [0.717, 1.165) is 31.8 Å². The molecule has 1 aromatic carbocycles. The Balaban J connectivity index is 1.84. The van der Waals surface area contributed by atoms with Crippen LogP contribution in [0.4, 0.5) is 0 Å². The van der Waals surface area contributed by atoms with Gasteiger partial charge in [-0.3, -0.25) is 0 Å². The third-order valence-electron chi connectivity index (χ3n) is 3.06. The summed E-state index contributed by atoms with van der Waals surface area (Å²) in [6.07, 6.45) is 3.80. The first-order valence-electron chi connectivity index (χ1n) is 6.00. The van der Waals surface area contributed by atoms with Crippen molar-refractivity contribution in [1.29, 1.82) is 0 Å². The van der Waals surface area contributed by atoms with Crippen LogP contribution in [-0.2, 0) is 19.4 Å². The summed E-state index contributed by atoms with van der Waals surface area (Å²) in [5.74, 6) is 0.928. The van der Waals surface area contributed by atoms with Crippen LogP contribution in [0, 0.1) is 0 Å². The fraction of sp³-hybridized carbons (Fsp3) is 0.286. The Morgan fingerprint density at radius 3 is 2.94 bits per heavy atom. The molecule has 1 aliphatic heterocycles. The van der Waals surface area contributed by atoms with E-state index in [9.17, 15) is 0 Å². The van der Waals surface area contributed by atoms with Crippen LogP contribution in [0.2, 0.25) is 0 Å². The SMILES string of the molecule is c1ccc(Cc2ncc3c(n2)CCNC3)cc1. The molecule has 3 rings (SSSR count). The molecule has 2 heterocycles. The zero-order valence-corrected chi connectivity index (χ0v) is 9.69. The molecule has 1 aromatic heterocycles. The van der Waals surface area contributed by atoms with Gasteiger partial charge in [0.25, 0.3) is 0 Å². The van der Waals surface area contributed by atoms with Gasteiger partial charge in [0.2, 0.25) is 0 Å². The molecule has 17 heavy (non-hydrogen) atoms. The summed E-state index contributed by atoms with van der Waals surface area (Å²) in [7, 11) is 0. The molecule has 0 atom stereocenters. The van der Waals surface area contributed by atoms with E-state index >= 15 is 0 Å². The molecule has 0 aliphatic carbocycles. The summed E-state index contributed by atoms with van der Waals surface area (Å²) in [5, 5.41) is 3.33. The summed E-state index contributed by atoms with van der Waals surface area (Å²) >= 11 is 0. The first kappa shape index (κ1) is 10.4. The molecule has 1 N–H and O–H groups in total. The van der Waals surface area contributed by atoms with Gasteiger partial charge < -0.3 is 5.32 Å². The molecule has 86 valence electrons. The van der Waals surface area contributed by atoms with Crippen molar-refractivity contribution in [3.8, 4) is 0 Å². The molecule has 0 fully saturated rings. The average Bonchev–Trinajstić information content (AvgIpc) is 2.40. The molecular formula is C14H15N3. The summed E-state index contributed by atoms with van der Waals surface area (Å²) in [6.45, 7) is 1.93. The Bertz CT molecular complexity index is 508. The molecule has 3 nitrogen and oxygen atoms in total. The van der Waals surface area contributed by atoms with Gasteiger partial charge >= 0.3 is 0 Å². The van der Waals surface area contributed by atoms with Crippen molar-refractivity contribution >= 4 is 0 Å². The molecule has 0 saturated heterocycles. The Kier molecular flexibility index (Phi) is 2.84. The van der Waals surface area contributed by atoms with Gasteiger partial charge in [-0.05, 0) is 5.56 Å². The van der Waals surface area contributed by atoms with E-state index < -0.39 is 0 Å². The molecule has 1 aliphatic rings. The number of fused-ring (bicyclic) bond motifs is 1. The summed E-state index contributed by atoms with van der Waals surface area (Å²) < 4.78 is 0. The normalized spacial score (nSPS) is 14.4. The number of nitrogens with zero attached hydrogens (tertiary/aromatic N) is 2. The predicted molar refractivity (Wildman–Crippen MR) is 66.7 cm³/mol. The molecular weight excluding hydrogens is 210 g/mol. The number of aromatic nitrogens is 2. The van der Waals surface area contributed by atoms with E-state index in [4.69, 9.17) is 0 Å². The monoisotopic (exact) mass is 225 g/mol. The van der Waals surface area contributed by atoms with Crippen molar-refractivity contribution in [2.75, 3.05) is 6.54 Å². The van der Waals surface area contributed by atoms with Gasteiger partial charge in [0.05, 0.1) is 0 Å². The summed E-state index contributed by atoms with van der Waals surface area (Å²) in [4.78, 5) is 9.09. The number of nitrogens with one attached hydrogen (secondary N) is 1. The van der Waals surface area contributed by atoms with E-state index in [-0.39, 0.29) is 0 Å². The molecule has 0 radical (unpaired) electrons. The smallest absolute Gasteiger partial charge is 0.132 e. The Labute approximate surface area is 101 Å². The number of hydrogen-bond acceptors (Lipinski definition) is 3. The lowest BCUT2D eigenvalue weighted by Crippen LogP contribution is -2.25. The first-order chi connectivity index (χ1) is 8.42. The van der Waals surface area contributed by atoms with Gasteiger partial charge in [0, 0.05) is 43.4 Å². The second-order valence-corrected chi connectivity index (χ2v) is 4.35. The van der Waals surface area contributed by atoms with E-state index in [1.54, 1.807) is 0 Å². The maximum Gasteiger partial charge on any atom is 0.132 e. The van der Waals surface area contributed by atoms with Crippen molar-refractivity contribution in [3.05, 3.63) is 59.2 Å². The molecule has 0 unspecified atom stereocenters. The molecule has 2 aromatic rings. The maximum atomic E-state index is 4.66. The van der Waals surface area contributed by atoms with Crippen LogP contribution >= 0.6 is 0 Å². The summed E-state index contributed by atoms with van der Waals surface area (Å²) in [5.41, 5.74) is 3.72. The fourth-order valence-corrected chi connectivity index (χ4v) is 2.14. The Morgan fingerprint density at radius 2 is 2.06 bits per heavy atom. The Hall–Kier alpha value is -1.74. The van der Waals surface area contributed by atoms with Gasteiger partial charge in [-0.25, -0.2) is 9.97 Å². The number of benzene rings is 1. The average molecular weight is 225 g/mol. The highest BCUT2D eigenvalue weighted by atomic mass is 14.9. The van der Waals surface area contributed by atoms with Crippen molar-refractivity contribution in [2.45, 2.75) is 19.4 Å². The molecule has 0 spiro atoms. The third-order valence-corrected chi connectivity index (χ3v) is 3.06. The Morgan fingerprint density at radius 1 is 1.18 bits per heavy atom. The lowest BCUT2D eigenvalue weighted by atomic mass is 10.1. The zero-order valence-electron chi connectivity index (χ0n) is 9.69. The first-order valence-corrected chi connectivity index (χ1v) is 6.00. The van der Waals surface area contributed by atoms with Crippen molar-refractivity contribution in [2.24, 2.45) is 0 Å². The highest BCUT2D eigenvalue weighted by molar-refractivity contribution is 5.23. The second-order valence-electron chi connectivity index (χ2n) is 4.35. The van der Waals surface area contributed by atoms with E-state index in [1.165, 1.54) is 16.8 Å². The van der Waals surface area contributed by atoms with Gasteiger partial charge in [0.15, 0.2) is 0 Å². The van der Waals surface area contributed by atoms with Crippen molar-refractivity contribution in [3.63, 3.8) is 0 Å². The lowest BCUT2D eigenvalue weighted by molar-refractivity contribution is 0.621. The van der Waals surface area contributed by atoms with E-state index in [1.807, 2.05) is 12.3 Å². The molecule has 0 saturated carbocycles. The minimum absolute atomic E-state index is 0.821. The highest BCUT2D eigenvalue weighted by Gasteiger charge is 2.11. The zero-order chi connectivity index (χ0) is 11.5. The lowest BCUT2D eigenvalue weighted by Gasteiger charge is -2.16. The van der Waals surface area contributed by atoms with Crippen LogP contribution in [0.3, 0.4) is 0 Å². The minimum atomic E-state index is 0.821. The summed E-state index contributed by atoms with van der Waals surface area (Å²) in [6, 6.07) is 10.4. The number of rotatable bonds is 2. The highest BCUT2D eigenvalue weighted by Crippen LogP contribution is 2.12. The second kappa shape index (κ2) is 4.63. The van der Waals surface area contributed by atoms with Crippen LogP contribution < -0.4 is 5.32 Å².